The third-order valence-corrected chi connectivity index (χ3v) is 7.60. The van der Waals surface area contributed by atoms with E-state index >= 15 is 0 Å². The summed E-state index contributed by atoms with van der Waals surface area (Å²) in [6, 6.07) is 13.0. The quantitative estimate of drug-likeness (QED) is 0.441. The second-order valence-corrected chi connectivity index (χ2v) is 9.76. The molecule has 0 spiro atoms. The zero-order chi connectivity index (χ0) is 23.0. The van der Waals surface area contributed by atoms with Crippen molar-refractivity contribution in [2.24, 2.45) is 4.99 Å². The summed E-state index contributed by atoms with van der Waals surface area (Å²) in [7, 11) is 2.19. The van der Waals surface area contributed by atoms with E-state index < -0.39 is 11.6 Å². The molecule has 2 heterocycles. The molecule has 7 heteroatoms. The Labute approximate surface area is 200 Å². The predicted octanol–water partition coefficient (Wildman–Crippen LogP) is 5.63. The molecule has 0 aliphatic carbocycles. The molecular weight excluding hydrogens is 440 g/mol. The lowest BCUT2D eigenvalue weighted by atomic mass is 10.0. The third kappa shape index (κ3) is 6.78. The second kappa shape index (κ2) is 12.0. The van der Waals surface area contributed by atoms with Crippen molar-refractivity contribution in [1.29, 1.82) is 0 Å². The lowest BCUT2D eigenvalue weighted by molar-refractivity contribution is 0.123. The maximum Gasteiger partial charge on any atom is 0.164 e. The summed E-state index contributed by atoms with van der Waals surface area (Å²) in [5, 5.41) is 1.15. The van der Waals surface area contributed by atoms with E-state index in [2.05, 4.69) is 41.1 Å². The topological polar surface area (TPSA) is 28.1 Å². The second-order valence-electron chi connectivity index (χ2n) is 8.81. The summed E-state index contributed by atoms with van der Waals surface area (Å²) in [4.78, 5) is 9.83. The molecular formula is C26H33F2N3OS. The first-order valence-corrected chi connectivity index (χ1v) is 12.8. The Balaban J connectivity index is 1.09. The van der Waals surface area contributed by atoms with Crippen LogP contribution in [0.3, 0.4) is 0 Å². The number of para-hydroxylation sites is 1. The highest BCUT2D eigenvalue weighted by Gasteiger charge is 2.26. The molecule has 2 aliphatic heterocycles. The van der Waals surface area contributed by atoms with Gasteiger partial charge in [-0.3, -0.25) is 0 Å². The van der Waals surface area contributed by atoms with Crippen molar-refractivity contribution in [2.45, 2.75) is 43.9 Å². The Morgan fingerprint density at radius 1 is 1.06 bits per heavy atom. The van der Waals surface area contributed by atoms with Crippen LogP contribution in [-0.2, 0) is 16.9 Å². The summed E-state index contributed by atoms with van der Waals surface area (Å²) < 4.78 is 31.9. The predicted molar refractivity (Wildman–Crippen MR) is 132 cm³/mol. The number of piperidine rings is 1. The highest BCUT2D eigenvalue weighted by Crippen LogP contribution is 2.32. The fourth-order valence-electron chi connectivity index (χ4n) is 4.41. The number of fused-ring (bicyclic) bond motifs is 1. The Morgan fingerprint density at radius 3 is 2.70 bits per heavy atom. The van der Waals surface area contributed by atoms with Gasteiger partial charge in [-0.1, -0.05) is 36.0 Å². The molecule has 0 aromatic heterocycles. The van der Waals surface area contributed by atoms with E-state index in [4.69, 9.17) is 9.73 Å². The van der Waals surface area contributed by atoms with Gasteiger partial charge in [0.15, 0.2) is 16.8 Å². The maximum absolute atomic E-state index is 13.2. The van der Waals surface area contributed by atoms with Gasteiger partial charge in [0, 0.05) is 38.5 Å². The van der Waals surface area contributed by atoms with Crippen LogP contribution >= 0.6 is 11.8 Å². The van der Waals surface area contributed by atoms with Crippen molar-refractivity contribution in [3.05, 3.63) is 65.2 Å². The lowest BCUT2D eigenvalue weighted by Gasteiger charge is -2.38. The zero-order valence-electron chi connectivity index (χ0n) is 19.3. The smallest absolute Gasteiger partial charge is 0.164 e. The van der Waals surface area contributed by atoms with Crippen LogP contribution < -0.4 is 0 Å². The van der Waals surface area contributed by atoms with Gasteiger partial charge < -0.3 is 14.5 Å². The Morgan fingerprint density at radius 2 is 1.88 bits per heavy atom. The van der Waals surface area contributed by atoms with E-state index in [0.29, 0.717) is 25.7 Å². The van der Waals surface area contributed by atoms with Gasteiger partial charge >= 0.3 is 0 Å². The number of unbranched alkanes of at least 4 members (excludes halogenated alkanes) is 1. The van der Waals surface area contributed by atoms with Crippen molar-refractivity contribution in [3.8, 4) is 0 Å². The minimum Gasteiger partial charge on any atom is -0.381 e. The molecule has 33 heavy (non-hydrogen) atoms. The summed E-state index contributed by atoms with van der Waals surface area (Å²) >= 11 is 1.84. The summed E-state index contributed by atoms with van der Waals surface area (Å²) in [6.07, 6.45) is 5.08. The van der Waals surface area contributed by atoms with E-state index in [1.807, 2.05) is 11.8 Å². The van der Waals surface area contributed by atoms with Gasteiger partial charge in [-0.05, 0) is 68.0 Å². The molecule has 1 fully saturated rings. The minimum absolute atomic E-state index is 0.537. The van der Waals surface area contributed by atoms with Crippen LogP contribution in [0, 0.1) is 11.6 Å². The molecule has 4 nitrogen and oxygen atoms in total. The molecule has 0 bridgehead atoms. The molecule has 2 aliphatic rings. The van der Waals surface area contributed by atoms with Crippen LogP contribution in [0.15, 0.2) is 47.5 Å². The number of aliphatic imine (C=N–C) groups is 1. The standard InChI is InChI=1S/C26H33F2N3OS/c1-30(26-29-25-7-3-2-6-21(25)19-33-26)22-10-14-31(15-11-22)13-4-5-16-32-17-12-20-8-9-23(27)24(28)18-20/h2-3,6-9,18,22H,4-5,10-17,19H2,1H3. The third-order valence-electron chi connectivity index (χ3n) is 6.50. The van der Waals surface area contributed by atoms with Gasteiger partial charge in [0.05, 0.1) is 12.3 Å². The van der Waals surface area contributed by atoms with Crippen LogP contribution in [0.4, 0.5) is 14.5 Å². The van der Waals surface area contributed by atoms with Gasteiger partial charge in [-0.25, -0.2) is 13.8 Å². The maximum atomic E-state index is 13.2. The van der Waals surface area contributed by atoms with Crippen molar-refractivity contribution >= 4 is 22.6 Å². The molecule has 178 valence electrons. The SMILES string of the molecule is CN(C1=Nc2ccccc2CS1)C1CCN(CCCCOCCc2ccc(F)c(F)c2)CC1. The number of amidine groups is 1. The molecule has 2 aromatic carbocycles. The van der Waals surface area contributed by atoms with E-state index in [1.165, 1.54) is 30.5 Å². The van der Waals surface area contributed by atoms with Crippen molar-refractivity contribution in [3.63, 3.8) is 0 Å². The molecule has 1 saturated heterocycles. The van der Waals surface area contributed by atoms with Gasteiger partial charge in [-0.15, -0.1) is 0 Å². The number of rotatable bonds is 9. The summed E-state index contributed by atoms with van der Waals surface area (Å²) in [5.41, 5.74) is 3.20. The highest BCUT2D eigenvalue weighted by molar-refractivity contribution is 8.13. The number of benzene rings is 2. The highest BCUT2D eigenvalue weighted by atomic mass is 32.2. The van der Waals surface area contributed by atoms with Gasteiger partial charge in [0.2, 0.25) is 0 Å². The van der Waals surface area contributed by atoms with E-state index in [0.717, 1.165) is 54.6 Å². The number of thioether (sulfide) groups is 1. The average molecular weight is 474 g/mol. The fourth-order valence-corrected chi connectivity index (χ4v) is 5.46. The van der Waals surface area contributed by atoms with Gasteiger partial charge in [0.25, 0.3) is 0 Å². The zero-order valence-corrected chi connectivity index (χ0v) is 20.1. The van der Waals surface area contributed by atoms with Crippen molar-refractivity contribution in [1.82, 2.24) is 9.80 Å². The van der Waals surface area contributed by atoms with Gasteiger partial charge in [0.1, 0.15) is 0 Å². The number of likely N-dealkylation sites (tertiary alicyclic amines) is 1. The first kappa shape index (κ1) is 24.2. The number of ether oxygens (including phenoxy) is 1. The minimum atomic E-state index is -0.803. The van der Waals surface area contributed by atoms with Crippen LogP contribution in [0.1, 0.15) is 36.8 Å². The van der Waals surface area contributed by atoms with Crippen LogP contribution in [0.5, 0.6) is 0 Å². The molecule has 2 aromatic rings. The van der Waals surface area contributed by atoms with Crippen LogP contribution in [0.2, 0.25) is 0 Å². The van der Waals surface area contributed by atoms with Crippen LogP contribution in [-0.4, -0.2) is 60.9 Å². The van der Waals surface area contributed by atoms with Gasteiger partial charge in [-0.2, -0.15) is 0 Å². The molecule has 0 N–H and O–H groups in total. The number of hydrogen-bond acceptors (Lipinski definition) is 5. The summed E-state index contributed by atoms with van der Waals surface area (Å²) in [5.74, 6) is -0.595. The molecule has 0 saturated carbocycles. The van der Waals surface area contributed by atoms with E-state index in [9.17, 15) is 8.78 Å². The van der Waals surface area contributed by atoms with E-state index in [1.54, 1.807) is 6.07 Å². The normalized spacial score (nSPS) is 17.0. The molecule has 0 unspecified atom stereocenters. The number of hydrogen-bond donors (Lipinski definition) is 0. The monoisotopic (exact) mass is 473 g/mol. The number of nitrogens with zero attached hydrogens (tertiary/aromatic N) is 3. The lowest BCUT2D eigenvalue weighted by Crippen LogP contribution is -2.45. The van der Waals surface area contributed by atoms with Crippen LogP contribution in [0.25, 0.3) is 0 Å². The number of halogens is 2. The average Bonchev–Trinajstić information content (AvgIpc) is 2.85. The Kier molecular flexibility index (Phi) is 8.75. The summed E-state index contributed by atoms with van der Waals surface area (Å²) in [6.45, 7) is 4.60. The fraction of sp³-hybridized carbons (Fsp3) is 0.500. The Hall–Kier alpha value is -1.96. The Bertz CT molecular complexity index is 947. The van der Waals surface area contributed by atoms with Crippen molar-refractivity contribution in [2.75, 3.05) is 39.9 Å². The largest absolute Gasteiger partial charge is 0.381 e. The first-order valence-electron chi connectivity index (χ1n) is 11.9. The molecule has 0 atom stereocenters. The molecule has 0 radical (unpaired) electrons. The first-order chi connectivity index (χ1) is 16.1. The molecule has 0 amide bonds. The van der Waals surface area contributed by atoms with Crippen molar-refractivity contribution < 1.29 is 13.5 Å². The van der Waals surface area contributed by atoms with E-state index in [-0.39, 0.29) is 0 Å². The molecule has 4 rings (SSSR count).